The van der Waals surface area contributed by atoms with Gasteiger partial charge < -0.3 is 25.0 Å². The van der Waals surface area contributed by atoms with Crippen LogP contribution in [0.2, 0.25) is 0 Å². The van der Waals surface area contributed by atoms with Gasteiger partial charge in [0.05, 0.1) is 12.8 Å². The third-order valence-corrected chi connectivity index (χ3v) is 5.28. The number of phenolic OH excluding ortho intramolecular Hbond substituents is 2. The molecule has 0 aliphatic carbocycles. The summed E-state index contributed by atoms with van der Waals surface area (Å²) >= 11 is 0. The lowest BCUT2D eigenvalue weighted by Gasteiger charge is -2.35. The zero-order valence-electron chi connectivity index (χ0n) is 17.4. The van der Waals surface area contributed by atoms with Crippen LogP contribution in [0.3, 0.4) is 0 Å². The first-order valence-electron chi connectivity index (χ1n) is 9.53. The number of hydrogen-bond donors (Lipinski definition) is 3. The second-order valence-electron chi connectivity index (χ2n) is 7.90. The molecule has 6 heteroatoms. The van der Waals surface area contributed by atoms with Gasteiger partial charge in [0.25, 0.3) is 0 Å². The van der Waals surface area contributed by atoms with Gasteiger partial charge in [0.15, 0.2) is 11.5 Å². The molecule has 0 radical (unpaired) electrons. The highest BCUT2D eigenvalue weighted by Crippen LogP contribution is 2.46. The Kier molecular flexibility index (Phi) is 5.46. The summed E-state index contributed by atoms with van der Waals surface area (Å²) in [6, 6.07) is 4.36. The molecule has 0 bridgehead atoms. The van der Waals surface area contributed by atoms with Crippen LogP contribution in [0.4, 0.5) is 5.69 Å². The van der Waals surface area contributed by atoms with Crippen LogP contribution in [-0.2, 0) is 11.2 Å². The molecule has 0 spiro atoms. The van der Waals surface area contributed by atoms with Gasteiger partial charge in [-0.15, -0.1) is 0 Å². The van der Waals surface area contributed by atoms with E-state index in [1.165, 1.54) is 18.2 Å². The second-order valence-corrected chi connectivity index (χ2v) is 7.90. The molecule has 0 saturated heterocycles. The van der Waals surface area contributed by atoms with Gasteiger partial charge in [0.1, 0.15) is 17.1 Å². The third-order valence-electron chi connectivity index (χ3n) is 5.28. The highest BCUT2D eigenvalue weighted by molar-refractivity contribution is 6.04. The highest BCUT2D eigenvalue weighted by atomic mass is 16.5. The number of methoxy groups -OCH3 is 1. The average Bonchev–Trinajstić information content (AvgIpc) is 2.66. The number of nitrogens with one attached hydrogen (secondary N) is 1. The molecule has 1 aliphatic heterocycles. The quantitative estimate of drug-likeness (QED) is 0.523. The number of phenols is 2. The van der Waals surface area contributed by atoms with Crippen molar-refractivity contribution in [2.24, 2.45) is 0 Å². The number of benzene rings is 2. The summed E-state index contributed by atoms with van der Waals surface area (Å²) in [5.74, 6) is 0.667. The topological polar surface area (TPSA) is 88.0 Å². The van der Waals surface area contributed by atoms with Crippen molar-refractivity contribution in [3.63, 3.8) is 0 Å². The molecule has 1 amide bonds. The van der Waals surface area contributed by atoms with Gasteiger partial charge in [-0.25, -0.2) is 0 Å². The van der Waals surface area contributed by atoms with E-state index in [-0.39, 0.29) is 23.0 Å². The zero-order valence-corrected chi connectivity index (χ0v) is 17.4. The molecule has 0 saturated carbocycles. The molecule has 1 aliphatic rings. The van der Waals surface area contributed by atoms with Crippen molar-refractivity contribution in [3.05, 3.63) is 46.5 Å². The smallest absolute Gasteiger partial charge is 0.248 e. The molecule has 3 rings (SSSR count). The lowest BCUT2D eigenvalue weighted by Crippen LogP contribution is -2.33. The second kappa shape index (κ2) is 7.70. The normalized spacial score (nSPS) is 14.9. The molecule has 2 aromatic carbocycles. The van der Waals surface area contributed by atoms with E-state index in [2.05, 4.69) is 19.2 Å². The van der Waals surface area contributed by atoms with Crippen molar-refractivity contribution in [3.8, 4) is 23.0 Å². The van der Waals surface area contributed by atoms with Crippen LogP contribution in [0.15, 0.2) is 24.3 Å². The molecular formula is C23H27NO5. The predicted octanol–water partition coefficient (Wildman–Crippen LogP) is 4.48. The third kappa shape index (κ3) is 4.16. The maximum Gasteiger partial charge on any atom is 0.248 e. The SMILES string of the molecule is COc1c(C)c(C)c2c(c1NC(=O)/C=C/c1ccc(O)c(O)c1)CCC(C)(C)O2. The van der Waals surface area contributed by atoms with Crippen molar-refractivity contribution >= 4 is 17.7 Å². The van der Waals surface area contributed by atoms with Gasteiger partial charge in [-0.05, 0) is 75.4 Å². The van der Waals surface area contributed by atoms with Crippen LogP contribution in [-0.4, -0.2) is 28.8 Å². The Morgan fingerprint density at radius 3 is 2.59 bits per heavy atom. The molecule has 0 fully saturated rings. The van der Waals surface area contributed by atoms with E-state index in [1.54, 1.807) is 19.3 Å². The molecule has 0 unspecified atom stereocenters. The van der Waals surface area contributed by atoms with Crippen molar-refractivity contribution in [2.75, 3.05) is 12.4 Å². The molecule has 0 aromatic heterocycles. The first-order chi connectivity index (χ1) is 13.6. The van der Waals surface area contributed by atoms with Gasteiger partial charge in [0, 0.05) is 11.6 Å². The standard InChI is InChI=1S/C23H27NO5/c1-13-14(2)22(28-5)20(16-10-11-23(3,4)29-21(13)16)24-19(27)9-7-15-6-8-17(25)18(26)12-15/h6-9,12,25-26H,10-11H2,1-5H3,(H,24,27)/b9-7+. The highest BCUT2D eigenvalue weighted by Gasteiger charge is 2.32. The fourth-order valence-electron chi connectivity index (χ4n) is 3.50. The number of amides is 1. The number of hydrogen-bond acceptors (Lipinski definition) is 5. The number of carbonyl (C=O) groups is 1. The van der Waals surface area contributed by atoms with E-state index in [4.69, 9.17) is 9.47 Å². The summed E-state index contributed by atoms with van der Waals surface area (Å²) in [5.41, 5.74) is 3.83. The summed E-state index contributed by atoms with van der Waals surface area (Å²) in [4.78, 5) is 12.6. The molecular weight excluding hydrogens is 370 g/mol. The number of anilines is 1. The van der Waals surface area contributed by atoms with Gasteiger partial charge in [-0.1, -0.05) is 6.07 Å². The van der Waals surface area contributed by atoms with Gasteiger partial charge in [-0.2, -0.15) is 0 Å². The Balaban J connectivity index is 1.93. The first-order valence-corrected chi connectivity index (χ1v) is 9.53. The molecule has 0 atom stereocenters. The van der Waals surface area contributed by atoms with E-state index in [1.807, 2.05) is 13.8 Å². The van der Waals surface area contributed by atoms with E-state index in [0.29, 0.717) is 17.0 Å². The number of rotatable bonds is 4. The minimum Gasteiger partial charge on any atom is -0.504 e. The molecule has 154 valence electrons. The molecule has 1 heterocycles. The summed E-state index contributed by atoms with van der Waals surface area (Å²) in [6.07, 6.45) is 4.54. The van der Waals surface area contributed by atoms with Crippen LogP contribution in [0.5, 0.6) is 23.0 Å². The van der Waals surface area contributed by atoms with Crippen LogP contribution < -0.4 is 14.8 Å². The Morgan fingerprint density at radius 1 is 1.21 bits per heavy atom. The fourth-order valence-corrected chi connectivity index (χ4v) is 3.50. The molecule has 6 nitrogen and oxygen atoms in total. The lowest BCUT2D eigenvalue weighted by molar-refractivity contribution is -0.111. The van der Waals surface area contributed by atoms with Crippen LogP contribution >= 0.6 is 0 Å². The molecule has 2 aromatic rings. The van der Waals surface area contributed by atoms with E-state index < -0.39 is 0 Å². The number of ether oxygens (including phenoxy) is 2. The summed E-state index contributed by atoms with van der Waals surface area (Å²) in [6.45, 7) is 8.07. The minimum atomic E-state index is -0.328. The Bertz CT molecular complexity index is 991. The monoisotopic (exact) mass is 397 g/mol. The van der Waals surface area contributed by atoms with Crippen molar-refractivity contribution in [1.29, 1.82) is 0 Å². The van der Waals surface area contributed by atoms with Crippen LogP contribution in [0.1, 0.15) is 42.5 Å². The number of aromatic hydroxyl groups is 2. The van der Waals surface area contributed by atoms with E-state index in [0.717, 1.165) is 35.3 Å². The minimum absolute atomic E-state index is 0.207. The lowest BCUT2D eigenvalue weighted by atomic mass is 9.89. The van der Waals surface area contributed by atoms with Crippen molar-refractivity contribution in [2.45, 2.75) is 46.1 Å². The van der Waals surface area contributed by atoms with E-state index in [9.17, 15) is 15.0 Å². The number of carbonyl (C=O) groups excluding carboxylic acids is 1. The van der Waals surface area contributed by atoms with E-state index >= 15 is 0 Å². The van der Waals surface area contributed by atoms with Gasteiger partial charge in [0.2, 0.25) is 5.91 Å². The molecule has 29 heavy (non-hydrogen) atoms. The van der Waals surface area contributed by atoms with Crippen LogP contribution in [0, 0.1) is 13.8 Å². The largest absolute Gasteiger partial charge is 0.504 e. The summed E-state index contributed by atoms with van der Waals surface area (Å²) < 4.78 is 11.8. The Labute approximate surface area is 170 Å². The van der Waals surface area contributed by atoms with Gasteiger partial charge in [-0.3, -0.25) is 4.79 Å². The number of fused-ring (bicyclic) bond motifs is 1. The summed E-state index contributed by atoms with van der Waals surface area (Å²) in [5, 5.41) is 21.9. The predicted molar refractivity (Wildman–Crippen MR) is 113 cm³/mol. The van der Waals surface area contributed by atoms with Gasteiger partial charge >= 0.3 is 0 Å². The Morgan fingerprint density at radius 2 is 1.93 bits per heavy atom. The van der Waals surface area contributed by atoms with Crippen molar-refractivity contribution < 1.29 is 24.5 Å². The first kappa shape index (κ1) is 20.6. The zero-order chi connectivity index (χ0) is 21.3. The maximum absolute atomic E-state index is 12.6. The van der Waals surface area contributed by atoms with Crippen molar-refractivity contribution in [1.82, 2.24) is 0 Å². The average molecular weight is 397 g/mol. The Hall–Kier alpha value is -3.15. The molecule has 3 N–H and O–H groups in total. The summed E-state index contributed by atoms with van der Waals surface area (Å²) in [7, 11) is 1.59. The van der Waals surface area contributed by atoms with Crippen LogP contribution in [0.25, 0.3) is 6.08 Å². The maximum atomic E-state index is 12.6. The fraction of sp³-hybridized carbons (Fsp3) is 0.348.